The van der Waals surface area contributed by atoms with Crippen LogP contribution in [0.3, 0.4) is 0 Å². The maximum Gasteiger partial charge on any atom is 1.00 e. The van der Waals surface area contributed by atoms with Gasteiger partial charge in [0.1, 0.15) is 0 Å². The van der Waals surface area contributed by atoms with Gasteiger partial charge in [-0.2, -0.15) is 0 Å². The molecule has 0 aromatic carbocycles. The fourth-order valence-corrected chi connectivity index (χ4v) is 0.225. The van der Waals surface area contributed by atoms with Crippen molar-refractivity contribution in [2.45, 2.75) is 0 Å². The Hall–Kier alpha value is 0.637. The molecule has 3 heteroatoms. The Morgan fingerprint density at radius 2 is 2.29 bits per heavy atom. The number of hydrogen-bond acceptors (Lipinski definition) is 1. The second kappa shape index (κ2) is 9.81. The summed E-state index contributed by atoms with van der Waals surface area (Å²) in [7, 11) is 1.62. The third-order valence-electron chi connectivity index (χ3n) is 0.289. The summed E-state index contributed by atoms with van der Waals surface area (Å²) in [5.74, 6) is 2.67. The fourth-order valence-electron chi connectivity index (χ4n) is 0.102. The van der Waals surface area contributed by atoms with Crippen molar-refractivity contribution in [3.8, 4) is 10.7 Å². The van der Waals surface area contributed by atoms with Gasteiger partial charge in [-0.1, -0.05) is 0 Å². The van der Waals surface area contributed by atoms with Crippen LogP contribution in [0.15, 0.2) is 0 Å². The summed E-state index contributed by atoms with van der Waals surface area (Å²) in [6, 6.07) is 0. The Labute approximate surface area is 64.2 Å². The van der Waals surface area contributed by atoms with Crippen molar-refractivity contribution in [1.29, 1.82) is 0 Å². The van der Waals surface area contributed by atoms with Gasteiger partial charge in [0.05, 0.1) is 0 Å². The summed E-state index contributed by atoms with van der Waals surface area (Å²) in [4.78, 5) is 2.57. The molecular weight excluding hydrogens is 150 g/mol. The van der Waals surface area contributed by atoms with Gasteiger partial charge in [-0.15, -0.1) is 0 Å². The normalized spacial score (nSPS) is 5.29. The van der Waals surface area contributed by atoms with Crippen molar-refractivity contribution in [3.05, 3.63) is 0 Å². The first-order valence-corrected chi connectivity index (χ1v) is 2.36. The minimum Gasteiger partial charge on any atom is 1.00 e. The summed E-state index contributed by atoms with van der Waals surface area (Å²) >= 11 is 2.54. The molecule has 0 aliphatic heterocycles. The van der Waals surface area contributed by atoms with E-state index in [1.54, 1.807) is 7.11 Å². The van der Waals surface area contributed by atoms with Gasteiger partial charge in [0.15, 0.2) is 0 Å². The summed E-state index contributed by atoms with van der Waals surface area (Å²) in [5, 5.41) is 0. The van der Waals surface area contributed by atoms with E-state index < -0.39 is 0 Å². The standard InChI is InChI=1S/C4H6OSe.Li/c1-5-3-2-4-6;/h6H,3H2,1H3;/q;+1/p-1. The fraction of sp³-hybridized carbons (Fsp3) is 0.500. The predicted molar refractivity (Wildman–Crippen MR) is 25.4 cm³/mol. The molecule has 0 aliphatic rings. The summed E-state index contributed by atoms with van der Waals surface area (Å²) in [6.07, 6.45) is 0. The molecule has 0 heterocycles. The molecule has 7 heavy (non-hydrogen) atoms. The van der Waals surface area contributed by atoms with E-state index in [9.17, 15) is 0 Å². The third-order valence-corrected chi connectivity index (χ3v) is 0.592. The molecule has 0 rings (SSSR count). The Morgan fingerprint density at radius 1 is 1.71 bits per heavy atom. The topological polar surface area (TPSA) is 9.23 Å². The van der Waals surface area contributed by atoms with Gasteiger partial charge in [0.25, 0.3) is 0 Å². The molecule has 0 spiro atoms. The third kappa shape index (κ3) is 10.8. The summed E-state index contributed by atoms with van der Waals surface area (Å²) in [5.41, 5.74) is 0. The van der Waals surface area contributed by atoms with Crippen molar-refractivity contribution >= 4 is 16.0 Å². The van der Waals surface area contributed by atoms with E-state index in [-0.39, 0.29) is 18.9 Å². The first-order valence-electron chi connectivity index (χ1n) is 1.50. The summed E-state index contributed by atoms with van der Waals surface area (Å²) in [6.45, 7) is 0.521. The maximum absolute atomic E-state index is 4.59. The van der Waals surface area contributed by atoms with Crippen LogP contribution in [0, 0.1) is 10.7 Å². The number of methoxy groups -OCH3 is 1. The van der Waals surface area contributed by atoms with Crippen molar-refractivity contribution in [2.24, 2.45) is 0 Å². The van der Waals surface area contributed by atoms with Gasteiger partial charge in [-0.3, -0.25) is 0 Å². The second-order valence-corrected chi connectivity index (χ2v) is 1.14. The first-order chi connectivity index (χ1) is 2.91. The monoisotopic (exact) mass is 156 g/mol. The van der Waals surface area contributed by atoms with E-state index >= 15 is 0 Å². The van der Waals surface area contributed by atoms with Crippen LogP contribution in [0.5, 0.6) is 0 Å². The Kier molecular flexibility index (Phi) is 14.8. The average Bonchev–Trinajstić information content (AvgIpc) is 1.61. The smallest absolute Gasteiger partial charge is 1.00 e. The molecular formula is C4H5LiOSe. The van der Waals surface area contributed by atoms with Crippen molar-refractivity contribution in [1.82, 2.24) is 0 Å². The van der Waals surface area contributed by atoms with E-state index in [0.29, 0.717) is 6.61 Å². The van der Waals surface area contributed by atoms with E-state index in [0.717, 1.165) is 0 Å². The van der Waals surface area contributed by atoms with E-state index in [4.69, 9.17) is 0 Å². The zero-order valence-electron chi connectivity index (χ0n) is 4.52. The Balaban J connectivity index is 0. The number of rotatable bonds is 1. The van der Waals surface area contributed by atoms with Crippen LogP contribution in [0.2, 0.25) is 0 Å². The van der Waals surface area contributed by atoms with Crippen LogP contribution in [0.25, 0.3) is 0 Å². The molecule has 0 saturated heterocycles. The molecule has 0 aromatic heterocycles. The number of hydrogen-bond donors (Lipinski definition) is 0. The Morgan fingerprint density at radius 3 is 2.43 bits per heavy atom. The molecule has 0 saturated carbocycles. The number of ether oxygens (including phenoxy) is 1. The zero-order chi connectivity index (χ0) is 4.83. The SMILES string of the molecule is COCC#C[Se-].[Li+]. The molecule has 0 amide bonds. The molecule has 0 bridgehead atoms. The largest absolute Gasteiger partial charge is 1.00 e. The molecule has 1 nitrogen and oxygen atoms in total. The van der Waals surface area contributed by atoms with Crippen LogP contribution in [-0.2, 0) is 4.74 Å². The van der Waals surface area contributed by atoms with Gasteiger partial charge in [0, 0.05) is 0 Å². The van der Waals surface area contributed by atoms with Crippen LogP contribution in [-0.4, -0.2) is 29.7 Å². The molecule has 0 fully saturated rings. The molecule has 0 atom stereocenters. The van der Waals surface area contributed by atoms with Crippen LogP contribution >= 0.6 is 0 Å². The molecule has 0 aromatic rings. The second-order valence-electron chi connectivity index (χ2n) is 0.712. The molecule has 34 valence electrons. The quantitative estimate of drug-likeness (QED) is 0.285. The first kappa shape index (κ1) is 10.6. The van der Waals surface area contributed by atoms with Gasteiger partial charge < -0.3 is 0 Å². The van der Waals surface area contributed by atoms with Crippen molar-refractivity contribution in [2.75, 3.05) is 13.7 Å². The summed E-state index contributed by atoms with van der Waals surface area (Å²) < 4.78 is 4.59. The van der Waals surface area contributed by atoms with Crippen molar-refractivity contribution in [3.63, 3.8) is 0 Å². The van der Waals surface area contributed by atoms with E-state index in [2.05, 4.69) is 31.5 Å². The Bertz CT molecular complexity index is 73.5. The van der Waals surface area contributed by atoms with E-state index in [1.165, 1.54) is 0 Å². The van der Waals surface area contributed by atoms with Gasteiger partial charge >= 0.3 is 64.1 Å². The van der Waals surface area contributed by atoms with Gasteiger partial charge in [0.2, 0.25) is 0 Å². The van der Waals surface area contributed by atoms with Gasteiger partial charge in [-0.25, -0.2) is 0 Å². The van der Waals surface area contributed by atoms with Gasteiger partial charge in [-0.05, 0) is 0 Å². The molecule has 0 N–H and O–H groups in total. The average molecular weight is 155 g/mol. The molecule has 0 radical (unpaired) electrons. The van der Waals surface area contributed by atoms with Crippen LogP contribution < -0.4 is 18.9 Å². The van der Waals surface area contributed by atoms with Crippen LogP contribution in [0.1, 0.15) is 0 Å². The minimum atomic E-state index is 0. The van der Waals surface area contributed by atoms with Crippen LogP contribution in [0.4, 0.5) is 0 Å². The minimum absolute atomic E-state index is 0. The van der Waals surface area contributed by atoms with Crippen molar-refractivity contribution < 1.29 is 23.6 Å². The molecule has 0 aliphatic carbocycles. The maximum atomic E-state index is 4.59. The molecule has 0 unspecified atom stereocenters. The predicted octanol–water partition coefficient (Wildman–Crippen LogP) is -3.23. The van der Waals surface area contributed by atoms with E-state index in [1.807, 2.05) is 0 Å². The zero-order valence-corrected chi connectivity index (χ0v) is 6.24.